The first kappa shape index (κ1) is 57.5. The van der Waals surface area contributed by atoms with Gasteiger partial charge in [0.15, 0.2) is 6.10 Å². The van der Waals surface area contributed by atoms with Crippen molar-refractivity contribution in [1.82, 2.24) is 0 Å². The van der Waals surface area contributed by atoms with Crippen LogP contribution >= 0.6 is 7.82 Å². The lowest BCUT2D eigenvalue weighted by molar-refractivity contribution is -0.161. The zero-order valence-electron chi connectivity index (χ0n) is 38.5. The molecule has 0 aliphatic rings. The Kier molecular flexibility index (Phi) is 44.8. The molecule has 9 nitrogen and oxygen atoms in total. The van der Waals surface area contributed by atoms with E-state index >= 15 is 0 Å². The zero-order chi connectivity index (χ0) is 43.2. The quantitative estimate of drug-likeness (QED) is 0.0265. The van der Waals surface area contributed by atoms with Crippen LogP contribution < -0.4 is 5.73 Å². The van der Waals surface area contributed by atoms with E-state index in [1.807, 2.05) is 0 Å². The average Bonchev–Trinajstić information content (AvgIpc) is 3.22. The Hall–Kier alpha value is -1.51. The number of allylic oxidation sites excluding steroid dienone is 4. The summed E-state index contributed by atoms with van der Waals surface area (Å²) in [5.41, 5.74) is 5.36. The lowest BCUT2D eigenvalue weighted by atomic mass is 10.1. The Bertz CT molecular complexity index is 1020. The highest BCUT2D eigenvalue weighted by atomic mass is 31.2. The molecule has 59 heavy (non-hydrogen) atoms. The summed E-state index contributed by atoms with van der Waals surface area (Å²) >= 11 is 0. The normalized spacial score (nSPS) is 13.4. The summed E-state index contributed by atoms with van der Waals surface area (Å²) in [5, 5.41) is 0. The van der Waals surface area contributed by atoms with Gasteiger partial charge in [-0.1, -0.05) is 192 Å². The molecule has 2 atom stereocenters. The van der Waals surface area contributed by atoms with E-state index in [0.29, 0.717) is 6.42 Å². The Morgan fingerprint density at radius 2 is 0.831 bits per heavy atom. The summed E-state index contributed by atoms with van der Waals surface area (Å²) in [7, 11) is -4.38. The van der Waals surface area contributed by atoms with Crippen LogP contribution in [0.25, 0.3) is 0 Å². The third kappa shape index (κ3) is 45.8. The highest BCUT2D eigenvalue weighted by molar-refractivity contribution is 7.47. The van der Waals surface area contributed by atoms with Crippen molar-refractivity contribution in [2.45, 2.75) is 251 Å². The maximum atomic E-state index is 12.6. The molecule has 1 unspecified atom stereocenters. The van der Waals surface area contributed by atoms with Gasteiger partial charge in [0.25, 0.3) is 0 Å². The number of carbonyl (C=O) groups is 2. The van der Waals surface area contributed by atoms with Crippen LogP contribution in [0.15, 0.2) is 24.3 Å². The maximum Gasteiger partial charge on any atom is 0.472 e. The fourth-order valence-electron chi connectivity index (χ4n) is 7.10. The second-order valence-corrected chi connectivity index (χ2v) is 18.1. The number of ether oxygens (including phenoxy) is 2. The Labute approximate surface area is 363 Å². The third-order valence-corrected chi connectivity index (χ3v) is 11.8. The molecule has 348 valence electrons. The minimum absolute atomic E-state index is 0.0528. The molecule has 0 aromatic rings. The molecular weight excluding hydrogens is 762 g/mol. The van der Waals surface area contributed by atoms with Crippen molar-refractivity contribution < 1.29 is 37.6 Å². The fraction of sp³-hybridized carbons (Fsp3) is 0.878. The molecule has 0 spiro atoms. The van der Waals surface area contributed by atoms with Crippen LogP contribution in [0.1, 0.15) is 245 Å². The molecule has 0 amide bonds. The van der Waals surface area contributed by atoms with Crippen molar-refractivity contribution in [3.8, 4) is 0 Å². The summed E-state index contributed by atoms with van der Waals surface area (Å²) in [6, 6.07) is 0. The summed E-state index contributed by atoms with van der Waals surface area (Å²) < 4.78 is 32.9. The molecule has 10 heteroatoms. The molecule has 0 bridgehead atoms. The van der Waals surface area contributed by atoms with Gasteiger partial charge in [0, 0.05) is 19.4 Å². The van der Waals surface area contributed by atoms with E-state index in [9.17, 15) is 19.0 Å². The number of rotatable bonds is 47. The van der Waals surface area contributed by atoms with Crippen molar-refractivity contribution in [3.05, 3.63) is 24.3 Å². The lowest BCUT2D eigenvalue weighted by Gasteiger charge is -2.19. The molecule has 0 aliphatic heterocycles. The fourth-order valence-corrected chi connectivity index (χ4v) is 7.86. The minimum atomic E-state index is -4.38. The van der Waals surface area contributed by atoms with Crippen molar-refractivity contribution in [2.75, 3.05) is 26.4 Å². The molecule has 0 aromatic heterocycles. The van der Waals surface area contributed by atoms with Gasteiger partial charge in [-0.2, -0.15) is 0 Å². The summed E-state index contributed by atoms with van der Waals surface area (Å²) in [6.45, 7) is 3.76. The molecule has 0 aliphatic carbocycles. The highest BCUT2D eigenvalue weighted by Crippen LogP contribution is 2.43. The van der Waals surface area contributed by atoms with Gasteiger partial charge in [0.1, 0.15) is 6.61 Å². The van der Waals surface area contributed by atoms with Crippen LogP contribution in [-0.4, -0.2) is 49.3 Å². The van der Waals surface area contributed by atoms with E-state index in [4.69, 9.17) is 24.3 Å². The van der Waals surface area contributed by atoms with Gasteiger partial charge >= 0.3 is 19.8 Å². The number of esters is 2. The largest absolute Gasteiger partial charge is 0.472 e. The molecule has 3 N–H and O–H groups in total. The number of hydrogen-bond donors (Lipinski definition) is 2. The van der Waals surface area contributed by atoms with Crippen LogP contribution in [0.5, 0.6) is 0 Å². The minimum Gasteiger partial charge on any atom is -0.462 e. The Balaban J connectivity index is 4.07. The Morgan fingerprint density at radius 3 is 1.20 bits per heavy atom. The van der Waals surface area contributed by atoms with Crippen LogP contribution in [-0.2, 0) is 32.7 Å². The first-order valence-corrected chi connectivity index (χ1v) is 26.3. The molecule has 0 radical (unpaired) electrons. The highest BCUT2D eigenvalue weighted by Gasteiger charge is 2.26. The molecule has 0 heterocycles. The van der Waals surface area contributed by atoms with Gasteiger partial charge in [-0.05, 0) is 64.2 Å². The van der Waals surface area contributed by atoms with Crippen LogP contribution in [0, 0.1) is 0 Å². The summed E-state index contributed by atoms with van der Waals surface area (Å²) in [4.78, 5) is 35.0. The topological polar surface area (TPSA) is 134 Å². The molecule has 0 fully saturated rings. The van der Waals surface area contributed by atoms with Gasteiger partial charge in [-0.25, -0.2) is 4.57 Å². The van der Waals surface area contributed by atoms with Gasteiger partial charge < -0.3 is 20.1 Å². The first-order valence-electron chi connectivity index (χ1n) is 24.8. The van der Waals surface area contributed by atoms with Crippen LogP contribution in [0.4, 0.5) is 0 Å². The molecule has 0 aromatic carbocycles. The standard InChI is InChI=1S/C49H94NO8P/c1-3-5-7-9-11-13-15-17-19-21-23-25-27-29-31-33-35-37-39-41-48(51)55-45-47(46-57-59(53,54)56-44-43-50)58-49(52)42-40-38-36-34-32-30-28-26-24-22-20-18-16-14-12-10-8-6-4-2/h23-26,47H,3-22,27-46,50H2,1-2H3,(H,53,54)/b25-23-,26-24-/t47-/m1/s1. The SMILES string of the molecule is CCCCCCCCCCC/C=C\CCCCCCCCC(=O)OC[C@H](COP(=O)(O)OCCN)OC(=O)CCCCCCCC/C=C\CCCCCCCCCCC. The molecular formula is C49H94NO8P. The maximum absolute atomic E-state index is 12.6. The lowest BCUT2D eigenvalue weighted by Crippen LogP contribution is -2.29. The number of phosphoric ester groups is 1. The predicted molar refractivity (Wildman–Crippen MR) is 247 cm³/mol. The zero-order valence-corrected chi connectivity index (χ0v) is 39.4. The van der Waals surface area contributed by atoms with Crippen molar-refractivity contribution in [2.24, 2.45) is 5.73 Å². The summed E-state index contributed by atoms with van der Waals surface area (Å²) in [5.74, 6) is -0.833. The molecule has 0 saturated heterocycles. The van der Waals surface area contributed by atoms with E-state index in [0.717, 1.165) is 57.8 Å². The first-order chi connectivity index (χ1) is 28.8. The molecule has 0 rings (SSSR count). The Morgan fingerprint density at radius 1 is 0.492 bits per heavy atom. The predicted octanol–water partition coefficient (Wildman–Crippen LogP) is 14.7. The van der Waals surface area contributed by atoms with Crippen molar-refractivity contribution in [3.63, 3.8) is 0 Å². The van der Waals surface area contributed by atoms with Crippen LogP contribution in [0.2, 0.25) is 0 Å². The smallest absolute Gasteiger partial charge is 0.462 e. The van der Waals surface area contributed by atoms with Crippen LogP contribution in [0.3, 0.4) is 0 Å². The van der Waals surface area contributed by atoms with Gasteiger partial charge in [-0.3, -0.25) is 18.6 Å². The monoisotopic (exact) mass is 856 g/mol. The van der Waals surface area contributed by atoms with Crippen molar-refractivity contribution in [1.29, 1.82) is 0 Å². The van der Waals surface area contributed by atoms with Gasteiger partial charge in [0.05, 0.1) is 13.2 Å². The van der Waals surface area contributed by atoms with E-state index in [2.05, 4.69) is 38.2 Å². The number of hydrogen-bond acceptors (Lipinski definition) is 8. The van der Waals surface area contributed by atoms with E-state index in [1.54, 1.807) is 0 Å². The van der Waals surface area contributed by atoms with E-state index < -0.39 is 26.5 Å². The second-order valence-electron chi connectivity index (χ2n) is 16.7. The van der Waals surface area contributed by atoms with E-state index in [-0.39, 0.29) is 38.6 Å². The second kappa shape index (κ2) is 46.0. The van der Waals surface area contributed by atoms with E-state index in [1.165, 1.54) is 154 Å². The number of phosphoric acid groups is 1. The number of carbonyl (C=O) groups excluding carboxylic acids is 2. The van der Waals surface area contributed by atoms with Gasteiger partial charge in [-0.15, -0.1) is 0 Å². The van der Waals surface area contributed by atoms with Crippen molar-refractivity contribution >= 4 is 19.8 Å². The third-order valence-electron chi connectivity index (χ3n) is 10.8. The number of unbranched alkanes of at least 4 members (excludes halogenated alkanes) is 30. The van der Waals surface area contributed by atoms with Gasteiger partial charge in [0.2, 0.25) is 0 Å². The molecule has 0 saturated carbocycles. The summed E-state index contributed by atoms with van der Waals surface area (Å²) in [6.07, 6.45) is 50.7. The average molecular weight is 856 g/mol. The number of nitrogens with two attached hydrogens (primary N) is 1.